The molecule has 1 unspecified atom stereocenters. The molecule has 0 saturated carbocycles. The largest absolute Gasteiger partial charge is 0.377 e. The third kappa shape index (κ3) is 3.57. The van der Waals surface area contributed by atoms with E-state index in [4.69, 9.17) is 0 Å². The Hall–Kier alpha value is -1.35. The van der Waals surface area contributed by atoms with Gasteiger partial charge in [-0.05, 0) is 53.4 Å². The monoisotopic (exact) mass is 318 g/mol. The Morgan fingerprint density at radius 3 is 2.47 bits per heavy atom. The lowest BCUT2D eigenvalue weighted by molar-refractivity contribution is 0.748. The molecule has 100 valence electrons. The molecule has 0 aliphatic heterocycles. The van der Waals surface area contributed by atoms with Crippen molar-refractivity contribution in [2.45, 2.75) is 33.2 Å². The maximum absolute atomic E-state index is 4.33. The first kappa shape index (κ1) is 14.1. The number of pyridine rings is 1. The van der Waals surface area contributed by atoms with E-state index < -0.39 is 0 Å². The number of benzene rings is 1. The summed E-state index contributed by atoms with van der Waals surface area (Å²) in [5.41, 5.74) is 4.81. The predicted molar refractivity (Wildman–Crippen MR) is 84.5 cm³/mol. The summed E-state index contributed by atoms with van der Waals surface area (Å²) in [4.78, 5) is 4.33. The first-order valence-corrected chi connectivity index (χ1v) is 7.34. The molecule has 1 aromatic carbocycles. The minimum absolute atomic E-state index is 0.322. The van der Waals surface area contributed by atoms with Gasteiger partial charge in [0.25, 0.3) is 0 Å². The van der Waals surface area contributed by atoms with Gasteiger partial charge in [-0.25, -0.2) is 4.98 Å². The molecule has 1 atom stereocenters. The van der Waals surface area contributed by atoms with E-state index in [1.54, 1.807) is 0 Å². The summed E-state index contributed by atoms with van der Waals surface area (Å²) in [5.74, 6) is 0. The molecule has 0 saturated heterocycles. The topological polar surface area (TPSA) is 24.9 Å². The highest BCUT2D eigenvalue weighted by molar-refractivity contribution is 9.10. The van der Waals surface area contributed by atoms with Crippen molar-refractivity contribution in [3.8, 4) is 0 Å². The number of halogens is 1. The molecule has 0 aliphatic rings. The molecule has 19 heavy (non-hydrogen) atoms. The number of aryl methyl sites for hydroxylation is 2. The maximum Gasteiger partial charge on any atom is 0.109 e. The van der Waals surface area contributed by atoms with Crippen LogP contribution in [0.25, 0.3) is 0 Å². The Morgan fingerprint density at radius 1 is 1.21 bits per heavy atom. The zero-order chi connectivity index (χ0) is 13.8. The molecule has 2 rings (SSSR count). The maximum atomic E-state index is 4.33. The van der Waals surface area contributed by atoms with E-state index in [0.717, 1.165) is 22.3 Å². The number of anilines is 1. The van der Waals surface area contributed by atoms with Crippen LogP contribution >= 0.6 is 15.9 Å². The van der Waals surface area contributed by atoms with Crippen LogP contribution < -0.4 is 5.32 Å². The van der Waals surface area contributed by atoms with Crippen molar-refractivity contribution in [3.05, 3.63) is 57.8 Å². The van der Waals surface area contributed by atoms with Crippen molar-refractivity contribution in [3.63, 3.8) is 0 Å². The Kier molecular flexibility index (Phi) is 4.59. The molecule has 0 fully saturated rings. The number of aromatic nitrogens is 1. The lowest BCUT2D eigenvalue weighted by atomic mass is 10.0. The van der Waals surface area contributed by atoms with Gasteiger partial charge >= 0.3 is 0 Å². The average Bonchev–Trinajstić information content (AvgIpc) is 2.41. The van der Waals surface area contributed by atoms with Gasteiger partial charge in [-0.3, -0.25) is 0 Å². The lowest BCUT2D eigenvalue weighted by Crippen LogP contribution is -2.10. The third-order valence-corrected chi connectivity index (χ3v) is 4.07. The van der Waals surface area contributed by atoms with Crippen LogP contribution in [0.1, 0.15) is 36.1 Å². The minimum Gasteiger partial charge on any atom is -0.377 e. The van der Waals surface area contributed by atoms with Crippen LogP contribution in [-0.2, 0) is 0 Å². The van der Waals surface area contributed by atoms with Crippen LogP contribution in [-0.4, -0.2) is 4.98 Å². The van der Waals surface area contributed by atoms with Gasteiger partial charge < -0.3 is 5.32 Å². The molecule has 1 heterocycles. The molecule has 1 N–H and O–H groups in total. The van der Waals surface area contributed by atoms with Crippen molar-refractivity contribution in [2.75, 3.05) is 5.32 Å². The Bertz CT molecular complexity index is 549. The van der Waals surface area contributed by atoms with Gasteiger partial charge in [0.05, 0.1) is 17.9 Å². The van der Waals surface area contributed by atoms with Crippen LogP contribution in [0.4, 0.5) is 5.69 Å². The molecule has 0 spiro atoms. The van der Waals surface area contributed by atoms with Crippen molar-refractivity contribution in [1.82, 2.24) is 4.98 Å². The van der Waals surface area contributed by atoms with Crippen molar-refractivity contribution in [2.24, 2.45) is 0 Å². The van der Waals surface area contributed by atoms with Gasteiger partial charge in [0.15, 0.2) is 0 Å². The Labute approximate surface area is 123 Å². The van der Waals surface area contributed by atoms with E-state index in [0.29, 0.717) is 6.04 Å². The molecule has 2 nitrogen and oxygen atoms in total. The fourth-order valence-electron chi connectivity index (χ4n) is 2.06. The number of rotatable bonds is 4. The summed E-state index contributed by atoms with van der Waals surface area (Å²) in [7, 11) is 0. The quantitative estimate of drug-likeness (QED) is 0.800. The summed E-state index contributed by atoms with van der Waals surface area (Å²) < 4.78 is 0.904. The van der Waals surface area contributed by atoms with Gasteiger partial charge in [-0.2, -0.15) is 0 Å². The zero-order valence-corrected chi connectivity index (χ0v) is 13.2. The number of nitrogens with one attached hydrogen (secondary N) is 1. The van der Waals surface area contributed by atoms with Crippen molar-refractivity contribution in [1.29, 1.82) is 0 Å². The smallest absolute Gasteiger partial charge is 0.109 e. The minimum atomic E-state index is 0.322. The summed E-state index contributed by atoms with van der Waals surface area (Å²) in [6.07, 6.45) is 2.91. The molecule has 0 bridgehead atoms. The van der Waals surface area contributed by atoms with Crippen LogP contribution in [0, 0.1) is 13.8 Å². The molecule has 0 amide bonds. The van der Waals surface area contributed by atoms with Crippen LogP contribution in [0.2, 0.25) is 0 Å². The predicted octanol–water partition coefficient (Wildman–Crippen LogP) is 5.02. The van der Waals surface area contributed by atoms with E-state index in [-0.39, 0.29) is 0 Å². The summed E-state index contributed by atoms with van der Waals surface area (Å²) in [6, 6.07) is 11.1. The summed E-state index contributed by atoms with van der Waals surface area (Å²) in [5, 5.41) is 3.55. The van der Waals surface area contributed by atoms with E-state index in [1.807, 2.05) is 6.20 Å². The van der Waals surface area contributed by atoms with E-state index in [2.05, 4.69) is 77.3 Å². The van der Waals surface area contributed by atoms with Gasteiger partial charge in [-0.15, -0.1) is 0 Å². The van der Waals surface area contributed by atoms with Gasteiger partial charge in [0.1, 0.15) is 4.60 Å². The summed E-state index contributed by atoms with van der Waals surface area (Å²) in [6.45, 7) is 6.35. The molecule has 3 heteroatoms. The number of hydrogen-bond acceptors (Lipinski definition) is 2. The van der Waals surface area contributed by atoms with E-state index in [9.17, 15) is 0 Å². The van der Waals surface area contributed by atoms with E-state index >= 15 is 0 Å². The standard InChI is InChI=1S/C16H19BrN2/c1-4-15(13-7-5-11(2)6-8-13)19-14-9-12(3)16(17)18-10-14/h5-10,15,19H,4H2,1-3H3. The average molecular weight is 319 g/mol. The highest BCUT2D eigenvalue weighted by Crippen LogP contribution is 2.24. The Morgan fingerprint density at radius 2 is 1.89 bits per heavy atom. The normalized spacial score (nSPS) is 12.2. The van der Waals surface area contributed by atoms with Crippen LogP contribution in [0.5, 0.6) is 0 Å². The molecular formula is C16H19BrN2. The van der Waals surface area contributed by atoms with Gasteiger partial charge in [0, 0.05) is 0 Å². The first-order chi connectivity index (χ1) is 9.10. The second-order valence-electron chi connectivity index (χ2n) is 4.85. The lowest BCUT2D eigenvalue weighted by Gasteiger charge is -2.19. The molecule has 0 radical (unpaired) electrons. The first-order valence-electron chi connectivity index (χ1n) is 6.55. The highest BCUT2D eigenvalue weighted by Gasteiger charge is 2.09. The molecular weight excluding hydrogens is 300 g/mol. The molecule has 2 aromatic rings. The third-order valence-electron chi connectivity index (χ3n) is 3.24. The fourth-order valence-corrected chi connectivity index (χ4v) is 2.27. The molecule has 0 aliphatic carbocycles. The van der Waals surface area contributed by atoms with E-state index in [1.165, 1.54) is 11.1 Å². The van der Waals surface area contributed by atoms with Crippen LogP contribution in [0.15, 0.2) is 41.1 Å². The van der Waals surface area contributed by atoms with Gasteiger partial charge in [0.2, 0.25) is 0 Å². The molecule has 1 aromatic heterocycles. The summed E-state index contributed by atoms with van der Waals surface area (Å²) >= 11 is 3.43. The SMILES string of the molecule is CCC(Nc1cnc(Br)c(C)c1)c1ccc(C)cc1. The van der Waals surface area contributed by atoms with Crippen molar-refractivity contribution < 1.29 is 0 Å². The van der Waals surface area contributed by atoms with Crippen LogP contribution in [0.3, 0.4) is 0 Å². The second-order valence-corrected chi connectivity index (χ2v) is 5.60. The van der Waals surface area contributed by atoms with Crippen molar-refractivity contribution >= 4 is 21.6 Å². The number of hydrogen-bond donors (Lipinski definition) is 1. The second kappa shape index (κ2) is 6.20. The highest BCUT2D eigenvalue weighted by atomic mass is 79.9. The Balaban J connectivity index is 2.18. The zero-order valence-electron chi connectivity index (χ0n) is 11.6. The van der Waals surface area contributed by atoms with Gasteiger partial charge in [-0.1, -0.05) is 36.8 Å². The fraction of sp³-hybridized carbons (Fsp3) is 0.312. The number of nitrogens with zero attached hydrogens (tertiary/aromatic N) is 1.